The van der Waals surface area contributed by atoms with E-state index in [0.717, 1.165) is 22.7 Å². The SMILES string of the molecule is COc1cc(F)ccc1-c1csc([C@@H]2CCN(C(=O)c3cnc(F)c(C)c3)C2)n1. The number of carbonyl (C=O) groups is 1. The zero-order valence-corrected chi connectivity index (χ0v) is 16.8. The molecule has 3 heterocycles. The van der Waals surface area contributed by atoms with Crippen molar-refractivity contribution in [1.29, 1.82) is 0 Å². The van der Waals surface area contributed by atoms with Crippen molar-refractivity contribution in [3.8, 4) is 17.0 Å². The molecule has 5 nitrogen and oxygen atoms in total. The third-order valence-corrected chi connectivity index (χ3v) is 6.05. The summed E-state index contributed by atoms with van der Waals surface area (Å²) in [6.45, 7) is 2.74. The number of benzene rings is 1. The van der Waals surface area contributed by atoms with Crippen LogP contribution in [-0.2, 0) is 0 Å². The molecule has 1 aliphatic heterocycles. The number of likely N-dealkylation sites (tertiary alicyclic amines) is 1. The number of aromatic nitrogens is 2. The summed E-state index contributed by atoms with van der Waals surface area (Å²) in [6.07, 6.45) is 2.08. The number of methoxy groups -OCH3 is 1. The highest BCUT2D eigenvalue weighted by Crippen LogP contribution is 2.36. The maximum absolute atomic E-state index is 13.4. The summed E-state index contributed by atoms with van der Waals surface area (Å²) in [7, 11) is 1.50. The average molecular weight is 415 g/mol. The molecule has 1 aromatic carbocycles. The number of hydrogen-bond donors (Lipinski definition) is 0. The Balaban J connectivity index is 1.50. The quantitative estimate of drug-likeness (QED) is 0.592. The highest BCUT2D eigenvalue weighted by molar-refractivity contribution is 7.10. The van der Waals surface area contributed by atoms with Gasteiger partial charge in [-0.1, -0.05) is 0 Å². The lowest BCUT2D eigenvalue weighted by Gasteiger charge is -2.16. The minimum absolute atomic E-state index is 0.124. The van der Waals surface area contributed by atoms with Crippen LogP contribution in [0.2, 0.25) is 0 Å². The molecule has 0 aliphatic carbocycles. The number of ether oxygens (including phenoxy) is 1. The smallest absolute Gasteiger partial charge is 0.255 e. The largest absolute Gasteiger partial charge is 0.496 e. The molecule has 0 N–H and O–H groups in total. The van der Waals surface area contributed by atoms with Crippen molar-refractivity contribution in [2.45, 2.75) is 19.3 Å². The van der Waals surface area contributed by atoms with Gasteiger partial charge < -0.3 is 9.64 Å². The standard InChI is InChI=1S/C21H19F2N3O2S/c1-12-7-14(9-24-19(12)23)21(27)26-6-5-13(10-26)20-25-17(11-29-20)16-4-3-15(22)8-18(16)28-2/h3-4,7-9,11,13H,5-6,10H2,1-2H3/t13-/m1/s1. The molecule has 1 aliphatic rings. The van der Waals surface area contributed by atoms with Gasteiger partial charge in [0.1, 0.15) is 11.6 Å². The van der Waals surface area contributed by atoms with Crippen LogP contribution in [0.3, 0.4) is 0 Å². The number of halogens is 2. The molecule has 0 unspecified atom stereocenters. The highest BCUT2D eigenvalue weighted by Gasteiger charge is 2.30. The average Bonchev–Trinajstić information content (AvgIpc) is 3.39. The Bertz CT molecular complexity index is 1070. The molecular weight excluding hydrogens is 396 g/mol. The van der Waals surface area contributed by atoms with Crippen molar-refractivity contribution < 1.29 is 18.3 Å². The van der Waals surface area contributed by atoms with Gasteiger partial charge in [0.05, 0.1) is 23.4 Å². The fraction of sp³-hybridized carbons (Fsp3) is 0.286. The van der Waals surface area contributed by atoms with Crippen LogP contribution in [0.25, 0.3) is 11.3 Å². The number of thiazole rings is 1. The van der Waals surface area contributed by atoms with E-state index >= 15 is 0 Å². The molecule has 0 radical (unpaired) electrons. The van der Waals surface area contributed by atoms with Gasteiger partial charge in [0.2, 0.25) is 5.95 Å². The number of pyridine rings is 1. The van der Waals surface area contributed by atoms with Crippen molar-refractivity contribution in [2.24, 2.45) is 0 Å². The van der Waals surface area contributed by atoms with Gasteiger partial charge in [0, 0.05) is 47.8 Å². The second kappa shape index (κ2) is 7.87. The molecule has 4 rings (SSSR count). The minimum atomic E-state index is -0.563. The van der Waals surface area contributed by atoms with Crippen LogP contribution in [0.15, 0.2) is 35.8 Å². The fourth-order valence-electron chi connectivity index (χ4n) is 3.48. The van der Waals surface area contributed by atoms with Crippen molar-refractivity contribution in [1.82, 2.24) is 14.9 Å². The zero-order valence-electron chi connectivity index (χ0n) is 16.0. The van der Waals surface area contributed by atoms with E-state index < -0.39 is 5.95 Å². The first kappa shape index (κ1) is 19.4. The Morgan fingerprint density at radius 2 is 2.14 bits per heavy atom. The molecule has 150 valence electrons. The molecule has 1 fully saturated rings. The molecule has 3 aromatic rings. The van der Waals surface area contributed by atoms with Gasteiger partial charge in [-0.3, -0.25) is 4.79 Å². The Morgan fingerprint density at radius 1 is 1.31 bits per heavy atom. The lowest BCUT2D eigenvalue weighted by Crippen LogP contribution is -2.28. The number of carbonyl (C=O) groups excluding carboxylic acids is 1. The maximum atomic E-state index is 13.4. The van der Waals surface area contributed by atoms with Crippen molar-refractivity contribution >= 4 is 17.2 Å². The summed E-state index contributed by atoms with van der Waals surface area (Å²) in [6, 6.07) is 5.90. The summed E-state index contributed by atoms with van der Waals surface area (Å²) in [5, 5.41) is 2.85. The molecule has 29 heavy (non-hydrogen) atoms. The van der Waals surface area contributed by atoms with E-state index in [1.54, 1.807) is 17.9 Å². The van der Waals surface area contributed by atoms with Crippen LogP contribution in [0, 0.1) is 18.7 Å². The Labute approximate surface area is 171 Å². The predicted molar refractivity (Wildman–Crippen MR) is 106 cm³/mol. The number of nitrogens with zero attached hydrogens (tertiary/aromatic N) is 3. The molecule has 0 spiro atoms. The van der Waals surface area contributed by atoms with Crippen molar-refractivity contribution in [2.75, 3.05) is 20.2 Å². The number of rotatable bonds is 4. The van der Waals surface area contributed by atoms with Crippen LogP contribution in [0.4, 0.5) is 8.78 Å². The number of hydrogen-bond acceptors (Lipinski definition) is 5. The fourth-order valence-corrected chi connectivity index (χ4v) is 4.43. The summed E-state index contributed by atoms with van der Waals surface area (Å²) in [5.41, 5.74) is 2.20. The Morgan fingerprint density at radius 3 is 2.90 bits per heavy atom. The molecule has 1 saturated heterocycles. The molecule has 0 bridgehead atoms. The van der Waals surface area contributed by atoms with Crippen LogP contribution >= 0.6 is 11.3 Å². The molecular formula is C21H19F2N3O2S. The van der Waals surface area contributed by atoms with Crippen LogP contribution < -0.4 is 4.74 Å². The Kier molecular flexibility index (Phi) is 5.27. The maximum Gasteiger partial charge on any atom is 0.255 e. The van der Waals surface area contributed by atoms with Crippen LogP contribution in [-0.4, -0.2) is 41.0 Å². The third-order valence-electron chi connectivity index (χ3n) is 5.05. The lowest BCUT2D eigenvalue weighted by molar-refractivity contribution is 0.0790. The van der Waals surface area contributed by atoms with E-state index in [4.69, 9.17) is 9.72 Å². The van der Waals surface area contributed by atoms with Gasteiger partial charge in [-0.05, 0) is 31.5 Å². The van der Waals surface area contributed by atoms with Gasteiger partial charge in [-0.2, -0.15) is 4.39 Å². The second-order valence-corrected chi connectivity index (χ2v) is 7.87. The second-order valence-electron chi connectivity index (χ2n) is 6.98. The summed E-state index contributed by atoms with van der Waals surface area (Å²) in [4.78, 5) is 22.8. The van der Waals surface area contributed by atoms with Gasteiger partial charge >= 0.3 is 0 Å². The first-order valence-electron chi connectivity index (χ1n) is 9.17. The molecule has 0 saturated carbocycles. The van der Waals surface area contributed by atoms with Gasteiger partial charge in [0.25, 0.3) is 5.91 Å². The molecule has 2 aromatic heterocycles. The van der Waals surface area contributed by atoms with E-state index in [1.165, 1.54) is 42.8 Å². The molecule has 1 amide bonds. The number of amides is 1. The van der Waals surface area contributed by atoms with Crippen LogP contribution in [0.5, 0.6) is 5.75 Å². The first-order chi connectivity index (χ1) is 14.0. The van der Waals surface area contributed by atoms with E-state index in [1.807, 2.05) is 5.38 Å². The monoisotopic (exact) mass is 415 g/mol. The van der Waals surface area contributed by atoms with Crippen molar-refractivity contribution in [3.63, 3.8) is 0 Å². The number of aryl methyl sites for hydroxylation is 1. The van der Waals surface area contributed by atoms with E-state index in [9.17, 15) is 13.6 Å². The highest BCUT2D eigenvalue weighted by atomic mass is 32.1. The summed E-state index contributed by atoms with van der Waals surface area (Å²) >= 11 is 1.52. The molecule has 1 atom stereocenters. The lowest BCUT2D eigenvalue weighted by atomic mass is 10.1. The minimum Gasteiger partial charge on any atom is -0.496 e. The third kappa shape index (κ3) is 3.85. The van der Waals surface area contributed by atoms with Gasteiger partial charge in [-0.25, -0.2) is 14.4 Å². The van der Waals surface area contributed by atoms with E-state index in [0.29, 0.717) is 30.0 Å². The molecule has 8 heteroatoms. The Hall–Kier alpha value is -2.87. The predicted octanol–water partition coefficient (Wildman–Crippen LogP) is 4.43. The van der Waals surface area contributed by atoms with Gasteiger partial charge in [0.15, 0.2) is 0 Å². The topological polar surface area (TPSA) is 55.3 Å². The van der Waals surface area contributed by atoms with Crippen LogP contribution in [0.1, 0.15) is 33.3 Å². The van der Waals surface area contributed by atoms with E-state index in [2.05, 4.69) is 4.98 Å². The normalized spacial score (nSPS) is 16.3. The van der Waals surface area contributed by atoms with E-state index in [-0.39, 0.29) is 17.6 Å². The zero-order chi connectivity index (χ0) is 20.5. The van der Waals surface area contributed by atoms with Crippen molar-refractivity contribution in [3.05, 3.63) is 63.7 Å². The summed E-state index contributed by atoms with van der Waals surface area (Å²) in [5.74, 6) is -0.521. The summed E-state index contributed by atoms with van der Waals surface area (Å²) < 4.78 is 32.1. The first-order valence-corrected chi connectivity index (χ1v) is 10.0. The van der Waals surface area contributed by atoms with Gasteiger partial charge in [-0.15, -0.1) is 11.3 Å².